The first-order valence-corrected chi connectivity index (χ1v) is 9.02. The molecule has 6 nitrogen and oxygen atoms in total. The predicted octanol–water partition coefficient (Wildman–Crippen LogP) is 1.68. The quantitative estimate of drug-likeness (QED) is 0.696. The van der Waals surface area contributed by atoms with Gasteiger partial charge in [-0.2, -0.15) is 0 Å². The van der Waals surface area contributed by atoms with E-state index < -0.39 is 21.7 Å². The Morgan fingerprint density at radius 1 is 1.12 bits per heavy atom. The van der Waals surface area contributed by atoms with Crippen molar-refractivity contribution in [3.63, 3.8) is 0 Å². The molecule has 25 heavy (non-hydrogen) atoms. The van der Waals surface area contributed by atoms with Gasteiger partial charge >= 0.3 is 0 Å². The van der Waals surface area contributed by atoms with Crippen LogP contribution in [0.5, 0.6) is 0 Å². The molecule has 1 amide bonds. The number of halogens is 1. The van der Waals surface area contributed by atoms with Crippen molar-refractivity contribution in [3.8, 4) is 0 Å². The molecule has 0 aliphatic rings. The van der Waals surface area contributed by atoms with Gasteiger partial charge < -0.3 is 10.1 Å². The molecule has 2 aromatic carbocycles. The number of amides is 1. The molecule has 0 aliphatic carbocycles. The van der Waals surface area contributed by atoms with Crippen molar-refractivity contribution >= 4 is 15.9 Å². The molecule has 0 saturated carbocycles. The van der Waals surface area contributed by atoms with Gasteiger partial charge in [0.05, 0.1) is 11.5 Å². The topological polar surface area (TPSA) is 84.5 Å². The molecule has 0 radical (unpaired) electrons. The Morgan fingerprint density at radius 3 is 2.44 bits per heavy atom. The minimum absolute atomic E-state index is 0.0458. The average Bonchev–Trinajstić information content (AvgIpc) is 2.61. The third kappa shape index (κ3) is 5.35. The molecule has 0 spiro atoms. The van der Waals surface area contributed by atoms with Gasteiger partial charge in [0, 0.05) is 31.3 Å². The molecule has 2 N–H and O–H groups in total. The van der Waals surface area contributed by atoms with Crippen molar-refractivity contribution < 1.29 is 22.3 Å². The van der Waals surface area contributed by atoms with Gasteiger partial charge in [-0.1, -0.05) is 18.2 Å². The van der Waals surface area contributed by atoms with E-state index in [0.29, 0.717) is 5.56 Å². The lowest BCUT2D eigenvalue weighted by atomic mass is 10.2. The largest absolute Gasteiger partial charge is 0.383 e. The summed E-state index contributed by atoms with van der Waals surface area (Å²) in [5.74, 6) is -0.814. The van der Waals surface area contributed by atoms with E-state index >= 15 is 0 Å². The van der Waals surface area contributed by atoms with Gasteiger partial charge in [-0.15, -0.1) is 0 Å². The van der Waals surface area contributed by atoms with Crippen LogP contribution in [0.25, 0.3) is 0 Å². The third-order valence-electron chi connectivity index (χ3n) is 3.42. The molecule has 0 aliphatic heterocycles. The summed E-state index contributed by atoms with van der Waals surface area (Å²) in [4.78, 5) is 12.1. The molecule has 2 rings (SSSR count). The first kappa shape index (κ1) is 19.0. The lowest BCUT2D eigenvalue weighted by Gasteiger charge is -2.08. The fourth-order valence-corrected chi connectivity index (χ4v) is 3.08. The summed E-state index contributed by atoms with van der Waals surface area (Å²) in [7, 11) is -2.17. The number of hydrogen-bond donors (Lipinski definition) is 2. The zero-order chi connectivity index (χ0) is 18.3. The molecule has 134 valence electrons. The number of carbonyl (C=O) groups is 1. The molecular formula is C17H19FN2O4S. The number of rotatable bonds is 8. The van der Waals surface area contributed by atoms with Crippen LogP contribution in [-0.4, -0.2) is 34.6 Å². The van der Waals surface area contributed by atoms with E-state index in [1.165, 1.54) is 37.4 Å². The first-order valence-electron chi connectivity index (χ1n) is 7.54. The molecule has 2 aromatic rings. The van der Waals surface area contributed by atoms with Crippen molar-refractivity contribution in [1.29, 1.82) is 0 Å². The SMILES string of the molecule is COCCNS(=O)(=O)c1ccc(C(=O)NCc2ccccc2F)cc1. The van der Waals surface area contributed by atoms with Gasteiger partial charge in [0.25, 0.3) is 5.91 Å². The summed E-state index contributed by atoms with van der Waals surface area (Å²) in [6.45, 7) is 0.462. The molecule has 0 atom stereocenters. The second kappa shape index (κ2) is 8.70. The Balaban J connectivity index is 1.99. The first-order chi connectivity index (χ1) is 11.9. The van der Waals surface area contributed by atoms with E-state index in [2.05, 4.69) is 10.0 Å². The lowest BCUT2D eigenvalue weighted by Crippen LogP contribution is -2.27. The average molecular weight is 366 g/mol. The predicted molar refractivity (Wildman–Crippen MR) is 91.1 cm³/mol. The van der Waals surface area contributed by atoms with E-state index in [4.69, 9.17) is 4.74 Å². The van der Waals surface area contributed by atoms with Crippen molar-refractivity contribution in [1.82, 2.24) is 10.0 Å². The van der Waals surface area contributed by atoms with Gasteiger partial charge in [0.1, 0.15) is 5.82 Å². The highest BCUT2D eigenvalue weighted by Gasteiger charge is 2.14. The van der Waals surface area contributed by atoms with Gasteiger partial charge in [0.15, 0.2) is 0 Å². The van der Waals surface area contributed by atoms with E-state index in [9.17, 15) is 17.6 Å². The van der Waals surface area contributed by atoms with E-state index in [-0.39, 0.29) is 30.2 Å². The van der Waals surface area contributed by atoms with Crippen molar-refractivity contribution in [2.24, 2.45) is 0 Å². The monoisotopic (exact) mass is 366 g/mol. The van der Waals surface area contributed by atoms with Crippen LogP contribution in [0, 0.1) is 5.82 Å². The van der Waals surface area contributed by atoms with Gasteiger partial charge in [-0.05, 0) is 30.3 Å². The van der Waals surface area contributed by atoms with Crippen LogP contribution in [0.3, 0.4) is 0 Å². The van der Waals surface area contributed by atoms with Crippen LogP contribution in [0.15, 0.2) is 53.4 Å². The number of nitrogens with one attached hydrogen (secondary N) is 2. The zero-order valence-corrected chi connectivity index (χ0v) is 14.5. The number of methoxy groups -OCH3 is 1. The van der Waals surface area contributed by atoms with Crippen LogP contribution < -0.4 is 10.0 Å². The highest BCUT2D eigenvalue weighted by atomic mass is 32.2. The Bertz CT molecular complexity index is 823. The van der Waals surface area contributed by atoms with Crippen LogP contribution in [0.2, 0.25) is 0 Å². The van der Waals surface area contributed by atoms with Gasteiger partial charge in [-0.3, -0.25) is 4.79 Å². The van der Waals surface area contributed by atoms with Gasteiger partial charge in [0.2, 0.25) is 10.0 Å². The minimum atomic E-state index is -3.65. The van der Waals surface area contributed by atoms with Crippen molar-refractivity contribution in [3.05, 3.63) is 65.5 Å². The third-order valence-corrected chi connectivity index (χ3v) is 4.90. The van der Waals surface area contributed by atoms with E-state index in [0.717, 1.165) is 0 Å². The molecular weight excluding hydrogens is 347 g/mol. The smallest absolute Gasteiger partial charge is 0.251 e. The second-order valence-corrected chi connectivity index (χ2v) is 6.96. The maximum atomic E-state index is 13.5. The van der Waals surface area contributed by atoms with E-state index in [1.54, 1.807) is 18.2 Å². The van der Waals surface area contributed by atoms with Crippen LogP contribution in [-0.2, 0) is 21.3 Å². The number of sulfonamides is 1. The number of ether oxygens (including phenoxy) is 1. The maximum absolute atomic E-state index is 13.5. The molecule has 8 heteroatoms. The number of carbonyl (C=O) groups excluding carboxylic acids is 1. The Morgan fingerprint density at radius 2 is 1.80 bits per heavy atom. The zero-order valence-electron chi connectivity index (χ0n) is 13.7. The fraction of sp³-hybridized carbons (Fsp3) is 0.235. The van der Waals surface area contributed by atoms with E-state index in [1.807, 2.05) is 0 Å². The molecule has 0 bridgehead atoms. The molecule has 0 unspecified atom stereocenters. The lowest BCUT2D eigenvalue weighted by molar-refractivity contribution is 0.0950. The summed E-state index contributed by atoms with van der Waals surface area (Å²) in [6.07, 6.45) is 0. The summed E-state index contributed by atoms with van der Waals surface area (Å²) in [5.41, 5.74) is 0.657. The van der Waals surface area contributed by atoms with Crippen LogP contribution in [0.1, 0.15) is 15.9 Å². The summed E-state index contributed by atoms with van der Waals surface area (Å²) < 4.78 is 44.7. The van der Waals surface area contributed by atoms with Gasteiger partial charge in [-0.25, -0.2) is 17.5 Å². The normalized spacial score (nSPS) is 11.3. The van der Waals surface area contributed by atoms with Crippen molar-refractivity contribution in [2.45, 2.75) is 11.4 Å². The summed E-state index contributed by atoms with van der Waals surface area (Å²) in [5, 5.41) is 2.60. The van der Waals surface area contributed by atoms with Crippen molar-refractivity contribution in [2.75, 3.05) is 20.3 Å². The standard InChI is InChI=1S/C17H19FN2O4S/c1-24-11-10-20-25(22,23)15-8-6-13(7-9-15)17(21)19-12-14-4-2-3-5-16(14)18/h2-9,20H,10-12H2,1H3,(H,19,21). The molecule has 0 saturated heterocycles. The Labute approximate surface area is 146 Å². The molecule has 0 aromatic heterocycles. The summed E-state index contributed by atoms with van der Waals surface area (Å²) >= 11 is 0. The number of hydrogen-bond acceptors (Lipinski definition) is 4. The highest BCUT2D eigenvalue weighted by Crippen LogP contribution is 2.11. The van der Waals surface area contributed by atoms with Crippen LogP contribution >= 0.6 is 0 Å². The summed E-state index contributed by atoms with van der Waals surface area (Å²) in [6, 6.07) is 11.6. The van der Waals surface area contributed by atoms with Crippen LogP contribution in [0.4, 0.5) is 4.39 Å². The number of benzene rings is 2. The minimum Gasteiger partial charge on any atom is -0.383 e. The molecule has 0 fully saturated rings. The highest BCUT2D eigenvalue weighted by molar-refractivity contribution is 7.89. The Hall–Kier alpha value is -2.29. The second-order valence-electron chi connectivity index (χ2n) is 5.19. The molecule has 0 heterocycles. The maximum Gasteiger partial charge on any atom is 0.251 e. The Kier molecular flexibility index (Phi) is 6.63. The fourth-order valence-electron chi connectivity index (χ4n) is 2.07.